The van der Waals surface area contributed by atoms with E-state index in [0.29, 0.717) is 12.2 Å². The van der Waals surface area contributed by atoms with Crippen LogP contribution in [0.25, 0.3) is 10.9 Å². The number of nitrogens with one attached hydrogen (secondary N) is 2. The van der Waals surface area contributed by atoms with Gasteiger partial charge in [-0.05, 0) is 30.1 Å². The number of aliphatic carboxylic acids is 1. The Hall–Kier alpha value is -1.95. The smallest absolute Gasteiger partial charge is 0.326 e. The van der Waals surface area contributed by atoms with Crippen molar-refractivity contribution in [1.82, 2.24) is 10.3 Å². The van der Waals surface area contributed by atoms with E-state index in [2.05, 4.69) is 10.3 Å². The van der Waals surface area contributed by atoms with E-state index in [0.717, 1.165) is 16.5 Å². The number of carbonyl (C=O) groups is 2. The van der Waals surface area contributed by atoms with E-state index in [-0.39, 0.29) is 12.3 Å². The molecular weight excluding hydrogens is 288 g/mol. The monoisotopic (exact) mass is 306 g/mol. The molecule has 0 aliphatic rings. The molecule has 0 radical (unpaired) electrons. The Morgan fingerprint density at radius 1 is 1.38 bits per heavy atom. The lowest BCUT2D eigenvalue weighted by molar-refractivity contribution is -0.141. The molecule has 1 aromatic carbocycles. The van der Waals surface area contributed by atoms with Crippen molar-refractivity contribution in [1.29, 1.82) is 0 Å². The van der Waals surface area contributed by atoms with E-state index < -0.39 is 12.0 Å². The maximum atomic E-state index is 12.0. The summed E-state index contributed by atoms with van der Waals surface area (Å²) < 4.78 is 0. The number of aromatic amines is 1. The number of fused-ring (bicyclic) bond motifs is 1. The summed E-state index contributed by atoms with van der Waals surface area (Å²) in [6.45, 7) is 0. The Morgan fingerprint density at radius 3 is 2.86 bits per heavy atom. The van der Waals surface area contributed by atoms with Crippen molar-refractivity contribution in [3.63, 3.8) is 0 Å². The van der Waals surface area contributed by atoms with Gasteiger partial charge in [0.15, 0.2) is 0 Å². The Bertz CT molecular complexity index is 639. The van der Waals surface area contributed by atoms with E-state index in [9.17, 15) is 9.59 Å². The third-order valence-electron chi connectivity index (χ3n) is 3.27. The average Bonchev–Trinajstić information content (AvgIpc) is 2.86. The number of aromatic nitrogens is 1. The minimum Gasteiger partial charge on any atom is -0.480 e. The summed E-state index contributed by atoms with van der Waals surface area (Å²) >= 11 is 1.56. The summed E-state index contributed by atoms with van der Waals surface area (Å²) in [5, 5.41) is 12.7. The molecule has 0 bridgehead atoms. The van der Waals surface area contributed by atoms with E-state index in [1.54, 1.807) is 18.0 Å². The van der Waals surface area contributed by atoms with Gasteiger partial charge in [0.2, 0.25) is 5.91 Å². The molecule has 3 N–H and O–H groups in total. The fourth-order valence-corrected chi connectivity index (χ4v) is 2.66. The van der Waals surface area contributed by atoms with Crippen LogP contribution < -0.4 is 5.32 Å². The van der Waals surface area contributed by atoms with E-state index >= 15 is 0 Å². The molecular formula is C15H18N2O3S. The molecule has 0 aliphatic heterocycles. The van der Waals surface area contributed by atoms with Crippen LogP contribution in [0.15, 0.2) is 30.5 Å². The Kier molecular flexibility index (Phi) is 5.27. The number of para-hydroxylation sites is 1. The Morgan fingerprint density at radius 2 is 2.14 bits per heavy atom. The second-order valence-corrected chi connectivity index (χ2v) is 5.76. The lowest BCUT2D eigenvalue weighted by Gasteiger charge is -2.13. The highest BCUT2D eigenvalue weighted by atomic mass is 32.2. The summed E-state index contributed by atoms with van der Waals surface area (Å²) in [5.74, 6) is -0.561. The molecule has 21 heavy (non-hydrogen) atoms. The molecule has 1 aromatic heterocycles. The number of benzene rings is 1. The molecule has 1 amide bonds. The van der Waals surface area contributed by atoms with Crippen molar-refractivity contribution in [2.75, 3.05) is 12.0 Å². The fourth-order valence-electron chi connectivity index (χ4n) is 2.19. The lowest BCUT2D eigenvalue weighted by Crippen LogP contribution is -2.41. The van der Waals surface area contributed by atoms with Crippen LogP contribution in [0.3, 0.4) is 0 Å². The standard InChI is InChI=1S/C15H18N2O3S/c1-21-7-6-13(15(19)20)17-14(18)8-10-9-16-12-5-3-2-4-11(10)12/h2-5,9,13,16H,6-8H2,1H3,(H,17,18)(H,19,20). The van der Waals surface area contributed by atoms with Gasteiger partial charge in [-0.25, -0.2) is 4.79 Å². The lowest BCUT2D eigenvalue weighted by atomic mass is 10.1. The number of hydrogen-bond donors (Lipinski definition) is 3. The first-order valence-corrected chi connectivity index (χ1v) is 8.07. The molecule has 0 aliphatic carbocycles. The van der Waals surface area contributed by atoms with Crippen LogP contribution in [0.2, 0.25) is 0 Å². The number of carboxylic acid groups (broad SMARTS) is 1. The molecule has 2 aromatic rings. The zero-order chi connectivity index (χ0) is 15.2. The van der Waals surface area contributed by atoms with Gasteiger partial charge in [0.1, 0.15) is 6.04 Å². The highest BCUT2D eigenvalue weighted by molar-refractivity contribution is 7.98. The molecule has 5 nitrogen and oxygen atoms in total. The summed E-state index contributed by atoms with van der Waals surface area (Å²) in [4.78, 5) is 26.3. The van der Waals surface area contributed by atoms with Crippen LogP contribution in [0, 0.1) is 0 Å². The fraction of sp³-hybridized carbons (Fsp3) is 0.333. The molecule has 0 fully saturated rings. The van der Waals surface area contributed by atoms with Crippen LogP contribution in [0.4, 0.5) is 0 Å². The second kappa shape index (κ2) is 7.17. The predicted octanol–water partition coefficient (Wildman–Crippen LogP) is 2.03. The third kappa shape index (κ3) is 4.01. The van der Waals surface area contributed by atoms with E-state index in [4.69, 9.17) is 5.11 Å². The molecule has 0 spiro atoms. The van der Waals surface area contributed by atoms with Gasteiger partial charge in [0.25, 0.3) is 0 Å². The molecule has 0 saturated heterocycles. The van der Waals surface area contributed by atoms with Crippen LogP contribution >= 0.6 is 11.8 Å². The zero-order valence-electron chi connectivity index (χ0n) is 11.8. The van der Waals surface area contributed by atoms with Crippen molar-refractivity contribution in [3.8, 4) is 0 Å². The number of H-pyrrole nitrogens is 1. The quantitative estimate of drug-likeness (QED) is 0.731. The molecule has 112 valence electrons. The highest BCUT2D eigenvalue weighted by Crippen LogP contribution is 2.18. The van der Waals surface area contributed by atoms with Crippen molar-refractivity contribution >= 4 is 34.5 Å². The van der Waals surface area contributed by atoms with Gasteiger partial charge in [0, 0.05) is 17.1 Å². The van der Waals surface area contributed by atoms with Gasteiger partial charge in [-0.3, -0.25) is 4.79 Å². The maximum Gasteiger partial charge on any atom is 0.326 e. The minimum absolute atomic E-state index is 0.174. The number of amides is 1. The van der Waals surface area contributed by atoms with Crippen molar-refractivity contribution in [2.24, 2.45) is 0 Å². The normalized spacial score (nSPS) is 12.2. The SMILES string of the molecule is CSCCC(NC(=O)Cc1c[nH]c2ccccc12)C(=O)O. The third-order valence-corrected chi connectivity index (χ3v) is 3.91. The van der Waals surface area contributed by atoms with Crippen LogP contribution in [-0.4, -0.2) is 40.0 Å². The van der Waals surface area contributed by atoms with E-state index in [1.165, 1.54) is 0 Å². The van der Waals surface area contributed by atoms with Crippen LogP contribution in [0.5, 0.6) is 0 Å². The number of rotatable bonds is 7. The zero-order valence-corrected chi connectivity index (χ0v) is 12.6. The summed E-state index contributed by atoms with van der Waals surface area (Å²) in [7, 11) is 0. The molecule has 0 saturated carbocycles. The Balaban J connectivity index is 2.02. The Labute approximate surface area is 127 Å². The maximum absolute atomic E-state index is 12.0. The molecule has 2 rings (SSSR count). The summed E-state index contributed by atoms with van der Waals surface area (Å²) in [6.07, 6.45) is 4.30. The summed E-state index contributed by atoms with van der Waals surface area (Å²) in [6, 6.07) is 6.89. The van der Waals surface area contributed by atoms with Crippen molar-refractivity contribution in [3.05, 3.63) is 36.0 Å². The average molecular weight is 306 g/mol. The van der Waals surface area contributed by atoms with Gasteiger partial charge in [-0.2, -0.15) is 11.8 Å². The van der Waals surface area contributed by atoms with E-state index in [1.807, 2.05) is 30.5 Å². The molecule has 1 heterocycles. The van der Waals surface area contributed by atoms with Gasteiger partial charge in [0.05, 0.1) is 6.42 Å². The van der Waals surface area contributed by atoms with Crippen molar-refractivity contribution < 1.29 is 14.7 Å². The van der Waals surface area contributed by atoms with Gasteiger partial charge in [-0.1, -0.05) is 18.2 Å². The van der Waals surface area contributed by atoms with Crippen LogP contribution in [-0.2, 0) is 16.0 Å². The van der Waals surface area contributed by atoms with Gasteiger partial charge < -0.3 is 15.4 Å². The number of hydrogen-bond acceptors (Lipinski definition) is 3. The number of carboxylic acids is 1. The number of carbonyl (C=O) groups excluding carboxylic acids is 1. The topological polar surface area (TPSA) is 82.2 Å². The first kappa shape index (κ1) is 15.4. The predicted molar refractivity (Wildman–Crippen MR) is 84.6 cm³/mol. The van der Waals surface area contributed by atoms with Gasteiger partial charge >= 0.3 is 5.97 Å². The number of thioether (sulfide) groups is 1. The first-order valence-electron chi connectivity index (χ1n) is 6.68. The summed E-state index contributed by atoms with van der Waals surface area (Å²) in [5.41, 5.74) is 1.84. The van der Waals surface area contributed by atoms with Gasteiger partial charge in [-0.15, -0.1) is 0 Å². The molecule has 6 heteroatoms. The highest BCUT2D eigenvalue weighted by Gasteiger charge is 2.19. The second-order valence-electron chi connectivity index (χ2n) is 4.78. The van der Waals surface area contributed by atoms with Crippen LogP contribution in [0.1, 0.15) is 12.0 Å². The molecule has 1 atom stereocenters. The molecule has 1 unspecified atom stereocenters. The largest absolute Gasteiger partial charge is 0.480 e. The minimum atomic E-state index is -0.990. The first-order chi connectivity index (χ1) is 10.1. The van der Waals surface area contributed by atoms with Crippen molar-refractivity contribution in [2.45, 2.75) is 18.9 Å².